The highest BCUT2D eigenvalue weighted by molar-refractivity contribution is 5.82. The molecule has 1 aliphatic rings. The number of hydrogen-bond acceptors (Lipinski definition) is 3. The average Bonchev–Trinajstić information content (AvgIpc) is 2.97. The zero-order valence-corrected chi connectivity index (χ0v) is 11.6. The van der Waals surface area contributed by atoms with Gasteiger partial charge in [-0.05, 0) is 18.2 Å². The minimum atomic E-state index is -4.41. The molecule has 8 heteroatoms. The molecule has 0 saturated carbocycles. The maximum atomic E-state index is 12.9. The lowest BCUT2D eigenvalue weighted by atomic mass is 10.1. The van der Waals surface area contributed by atoms with Crippen LogP contribution >= 0.6 is 0 Å². The number of benzene rings is 1. The van der Waals surface area contributed by atoms with Crippen LogP contribution in [0.4, 0.5) is 13.2 Å². The molecule has 2 aromatic heterocycles. The van der Waals surface area contributed by atoms with E-state index in [9.17, 15) is 18.0 Å². The molecule has 3 aromatic rings. The molecule has 0 saturated heterocycles. The Balaban J connectivity index is 1.91. The summed E-state index contributed by atoms with van der Waals surface area (Å²) in [6.45, 7) is 0.404. The summed E-state index contributed by atoms with van der Waals surface area (Å²) in [5.74, 6) is 0. The quantitative estimate of drug-likeness (QED) is 0.693. The Morgan fingerprint density at radius 3 is 2.83 bits per heavy atom. The first kappa shape index (κ1) is 13.7. The summed E-state index contributed by atoms with van der Waals surface area (Å²) in [5, 5.41) is 4.48. The van der Waals surface area contributed by atoms with E-state index in [2.05, 4.69) is 10.1 Å². The molecule has 0 fully saturated rings. The fourth-order valence-electron chi connectivity index (χ4n) is 2.69. The van der Waals surface area contributed by atoms with E-state index in [0.717, 1.165) is 12.1 Å². The number of hydrogen-bond donors (Lipinski definition) is 0. The molecule has 0 unspecified atom stereocenters. The summed E-state index contributed by atoms with van der Waals surface area (Å²) < 4.78 is 41.9. The Morgan fingerprint density at radius 1 is 1.22 bits per heavy atom. The molecule has 0 bridgehead atoms. The lowest BCUT2D eigenvalue weighted by molar-refractivity contribution is -0.137. The van der Waals surface area contributed by atoms with Gasteiger partial charge in [0.15, 0.2) is 5.65 Å². The molecule has 0 radical (unpaired) electrons. The molecule has 5 nitrogen and oxygen atoms in total. The van der Waals surface area contributed by atoms with Crippen LogP contribution in [-0.4, -0.2) is 19.3 Å². The second-order valence-electron chi connectivity index (χ2n) is 5.16. The van der Waals surface area contributed by atoms with Gasteiger partial charge in [-0.2, -0.15) is 23.3 Å². The largest absolute Gasteiger partial charge is 0.416 e. The molecule has 116 valence electrons. The summed E-state index contributed by atoms with van der Waals surface area (Å²) in [6, 6.07) is 5.04. The van der Waals surface area contributed by atoms with Gasteiger partial charge >= 0.3 is 6.18 Å². The van der Waals surface area contributed by atoms with E-state index in [0.29, 0.717) is 28.8 Å². The van der Waals surface area contributed by atoms with Gasteiger partial charge in [0, 0.05) is 12.1 Å². The van der Waals surface area contributed by atoms with E-state index >= 15 is 0 Å². The van der Waals surface area contributed by atoms with Crippen LogP contribution in [0, 0.1) is 0 Å². The van der Waals surface area contributed by atoms with E-state index in [-0.39, 0.29) is 0 Å². The molecule has 1 aromatic carbocycles. The summed E-state index contributed by atoms with van der Waals surface area (Å²) in [6.07, 6.45) is 0.126. The minimum Gasteiger partial charge on any atom is -0.312 e. The van der Waals surface area contributed by atoms with Crippen molar-refractivity contribution >= 4 is 16.7 Å². The highest BCUT2D eigenvalue weighted by atomic mass is 19.4. The number of rotatable bonds is 1. The summed E-state index contributed by atoms with van der Waals surface area (Å²) in [7, 11) is 0. The first-order valence-electron chi connectivity index (χ1n) is 6.76. The normalized spacial score (nSPS) is 14.1. The number of allylic oxidation sites excluding steroid dienone is 1. The van der Waals surface area contributed by atoms with Gasteiger partial charge in [-0.1, -0.05) is 12.1 Å². The van der Waals surface area contributed by atoms with E-state index in [1.807, 2.05) is 0 Å². The molecule has 1 aliphatic heterocycles. The molecule has 0 atom stereocenters. The van der Waals surface area contributed by atoms with Crippen LogP contribution in [0.15, 0.2) is 47.7 Å². The fourth-order valence-corrected chi connectivity index (χ4v) is 2.69. The molecule has 23 heavy (non-hydrogen) atoms. The van der Waals surface area contributed by atoms with Crippen LogP contribution in [0.5, 0.6) is 0 Å². The SMILES string of the molecule is O=c1ncn2c3c1cnn3C(c1cccc(C(F)(F)F)c1)=CC2. The van der Waals surface area contributed by atoms with Crippen molar-refractivity contribution in [2.75, 3.05) is 0 Å². The van der Waals surface area contributed by atoms with Crippen LogP contribution in [0.1, 0.15) is 11.1 Å². The third kappa shape index (κ3) is 2.06. The van der Waals surface area contributed by atoms with Crippen LogP contribution in [0.2, 0.25) is 0 Å². The van der Waals surface area contributed by atoms with E-state index in [1.165, 1.54) is 23.3 Å². The van der Waals surface area contributed by atoms with Crippen molar-refractivity contribution in [1.29, 1.82) is 0 Å². The fraction of sp³-hybridized carbons (Fsp3) is 0.133. The van der Waals surface area contributed by atoms with Crippen molar-refractivity contribution < 1.29 is 13.2 Å². The second kappa shape index (κ2) is 4.55. The molecule has 3 heterocycles. The number of alkyl halides is 3. The van der Waals surface area contributed by atoms with Crippen molar-refractivity contribution in [1.82, 2.24) is 19.3 Å². The van der Waals surface area contributed by atoms with Crippen LogP contribution < -0.4 is 5.56 Å². The smallest absolute Gasteiger partial charge is 0.312 e. The monoisotopic (exact) mass is 318 g/mol. The van der Waals surface area contributed by atoms with E-state index < -0.39 is 17.3 Å². The molecule has 0 amide bonds. The maximum absolute atomic E-state index is 12.9. The van der Waals surface area contributed by atoms with Gasteiger partial charge in [0.05, 0.1) is 17.5 Å². The zero-order chi connectivity index (χ0) is 16.2. The minimum absolute atomic E-state index is 0.338. The number of aromatic nitrogens is 4. The van der Waals surface area contributed by atoms with Crippen molar-refractivity contribution in [3.8, 4) is 0 Å². The third-order valence-corrected chi connectivity index (χ3v) is 3.76. The third-order valence-electron chi connectivity index (χ3n) is 3.76. The van der Waals surface area contributed by atoms with Crippen molar-refractivity contribution in [3.05, 3.63) is 64.3 Å². The number of nitrogens with zero attached hydrogens (tertiary/aromatic N) is 4. The van der Waals surface area contributed by atoms with Gasteiger partial charge < -0.3 is 4.57 Å². The van der Waals surface area contributed by atoms with Crippen molar-refractivity contribution in [2.45, 2.75) is 12.7 Å². The van der Waals surface area contributed by atoms with Crippen LogP contribution in [-0.2, 0) is 12.7 Å². The maximum Gasteiger partial charge on any atom is 0.416 e. The molecule has 0 spiro atoms. The van der Waals surface area contributed by atoms with Gasteiger partial charge in [-0.25, -0.2) is 4.68 Å². The predicted molar refractivity (Wildman–Crippen MR) is 76.6 cm³/mol. The second-order valence-corrected chi connectivity index (χ2v) is 5.16. The zero-order valence-electron chi connectivity index (χ0n) is 11.6. The Kier molecular flexibility index (Phi) is 2.72. The van der Waals surface area contributed by atoms with E-state index in [4.69, 9.17) is 0 Å². The Labute approximate surface area is 127 Å². The standard InChI is InChI=1S/C15H9F3N4O/c16-15(17,18)10-3-1-2-9(6-10)12-4-5-21-8-19-13(23)11-7-20-22(12)14(11)21/h1-4,6-8H,5H2. The molecular formula is C15H9F3N4O. The summed E-state index contributed by atoms with van der Waals surface area (Å²) in [4.78, 5) is 15.5. The van der Waals surface area contributed by atoms with Gasteiger partial charge in [0.1, 0.15) is 11.7 Å². The molecule has 4 rings (SSSR count). The molecular weight excluding hydrogens is 309 g/mol. The Bertz CT molecular complexity index is 1010. The van der Waals surface area contributed by atoms with Gasteiger partial charge in [0.2, 0.25) is 0 Å². The topological polar surface area (TPSA) is 52.7 Å². The Hall–Kier alpha value is -2.90. The van der Waals surface area contributed by atoms with E-state index in [1.54, 1.807) is 16.7 Å². The lowest BCUT2D eigenvalue weighted by Crippen LogP contribution is -2.18. The van der Waals surface area contributed by atoms with Crippen molar-refractivity contribution in [2.24, 2.45) is 0 Å². The molecule has 0 aliphatic carbocycles. The highest BCUT2D eigenvalue weighted by Gasteiger charge is 2.31. The number of halogens is 3. The predicted octanol–water partition coefficient (Wildman–Crippen LogP) is 2.51. The first-order valence-corrected chi connectivity index (χ1v) is 6.76. The Morgan fingerprint density at radius 2 is 2.04 bits per heavy atom. The van der Waals surface area contributed by atoms with Gasteiger partial charge in [0.25, 0.3) is 5.56 Å². The van der Waals surface area contributed by atoms with Crippen LogP contribution in [0.25, 0.3) is 16.7 Å². The van der Waals surface area contributed by atoms with Crippen LogP contribution in [0.3, 0.4) is 0 Å². The highest BCUT2D eigenvalue weighted by Crippen LogP contribution is 2.32. The van der Waals surface area contributed by atoms with Crippen molar-refractivity contribution in [3.63, 3.8) is 0 Å². The molecule has 0 N–H and O–H groups in total. The van der Waals surface area contributed by atoms with Gasteiger partial charge in [-0.3, -0.25) is 4.79 Å². The summed E-state index contributed by atoms with van der Waals surface area (Å²) in [5.41, 5.74) is 0.293. The average molecular weight is 318 g/mol. The van der Waals surface area contributed by atoms with Gasteiger partial charge in [-0.15, -0.1) is 0 Å². The first-order chi connectivity index (χ1) is 10.9. The summed E-state index contributed by atoms with van der Waals surface area (Å²) >= 11 is 0. The lowest BCUT2D eigenvalue weighted by Gasteiger charge is -2.18.